The van der Waals surface area contributed by atoms with Crippen molar-refractivity contribution in [2.75, 3.05) is 0 Å². The van der Waals surface area contributed by atoms with E-state index in [0.29, 0.717) is 0 Å². The summed E-state index contributed by atoms with van der Waals surface area (Å²) >= 11 is 1.11. The fourth-order valence-corrected chi connectivity index (χ4v) is 3.31. The van der Waals surface area contributed by atoms with Crippen LogP contribution in [0.25, 0.3) is 21.5 Å². The molecular weight excluding hydrogens is 495 g/mol. The molecule has 2 radical (unpaired) electrons. The van der Waals surface area contributed by atoms with E-state index in [1.807, 2.05) is 0 Å². The average Bonchev–Trinajstić information content (AvgIpc) is 3.29. The Hall–Kier alpha value is -1.25. The molecule has 4 aromatic rings. The predicted octanol–water partition coefficient (Wildman–Crippen LogP) is 6.48. The van der Waals surface area contributed by atoms with Gasteiger partial charge in [-0.25, -0.2) is 0 Å². The molecule has 26 heavy (non-hydrogen) atoms. The minimum atomic E-state index is 1.11. The molecule has 0 atom stereocenters. The van der Waals surface area contributed by atoms with Gasteiger partial charge in [0.05, 0.1) is 0 Å². The number of hydrogen-bond acceptors (Lipinski definition) is 0. The molecule has 0 nitrogen and oxygen atoms in total. The van der Waals surface area contributed by atoms with E-state index >= 15 is 0 Å². The minimum absolute atomic E-state index is 1.11. The first kappa shape index (κ1) is 21.1. The molecule has 0 saturated carbocycles. The first-order valence-corrected chi connectivity index (χ1v) is 15.1. The Morgan fingerprint density at radius 1 is 0.731 bits per heavy atom. The standard InChI is InChI=1S/2C12H13.Hf.Si/c2*1-3-10-7-11-6-4-5-9(2)12(11)8-10;;/h2*4-8H,3H2,1-2H3;;/q2*-1;+2;. The summed E-state index contributed by atoms with van der Waals surface area (Å²) in [4.78, 5) is 0. The van der Waals surface area contributed by atoms with Crippen LogP contribution in [0.1, 0.15) is 36.1 Å². The van der Waals surface area contributed by atoms with Gasteiger partial charge in [-0.3, -0.25) is 0 Å². The summed E-state index contributed by atoms with van der Waals surface area (Å²) in [5.74, 6) is 0. The van der Waals surface area contributed by atoms with Gasteiger partial charge in [-0.05, 0) is 26.7 Å². The van der Waals surface area contributed by atoms with Gasteiger partial charge in [0.2, 0.25) is 0 Å². The summed E-state index contributed by atoms with van der Waals surface area (Å²) in [6, 6.07) is 22.1. The zero-order valence-corrected chi connectivity index (χ0v) is 20.8. The molecule has 0 saturated heterocycles. The van der Waals surface area contributed by atoms with Crippen LogP contribution < -0.4 is 0 Å². The van der Waals surface area contributed by atoms with Crippen molar-refractivity contribution in [1.82, 2.24) is 0 Å². The molecule has 130 valence electrons. The van der Waals surface area contributed by atoms with Gasteiger partial charge in [0, 0.05) is 0 Å². The van der Waals surface area contributed by atoms with Crippen LogP contribution in [0.5, 0.6) is 0 Å². The number of hydrogen-bond donors (Lipinski definition) is 0. The molecule has 0 unspecified atom stereocenters. The van der Waals surface area contributed by atoms with Crippen molar-refractivity contribution in [3.63, 3.8) is 0 Å². The summed E-state index contributed by atoms with van der Waals surface area (Å²) < 4.78 is 0. The van der Waals surface area contributed by atoms with Gasteiger partial charge in [0.1, 0.15) is 0 Å². The van der Waals surface area contributed by atoms with Crippen LogP contribution in [0.4, 0.5) is 0 Å². The summed E-state index contributed by atoms with van der Waals surface area (Å²) in [6.45, 7) is 11.8. The Morgan fingerprint density at radius 3 is 1.42 bits per heavy atom. The number of benzene rings is 2. The molecule has 0 aliphatic heterocycles. The van der Waals surface area contributed by atoms with Gasteiger partial charge >= 0.3 is 29.9 Å². The molecule has 0 amide bonds. The zero-order chi connectivity index (χ0) is 19.1. The summed E-state index contributed by atoms with van der Waals surface area (Å²) in [6.07, 6.45) is 2.27. The molecule has 0 bridgehead atoms. The van der Waals surface area contributed by atoms with Crippen molar-refractivity contribution >= 4 is 28.5 Å². The quantitative estimate of drug-likeness (QED) is 0.210. The Morgan fingerprint density at radius 2 is 1.12 bits per heavy atom. The molecule has 4 rings (SSSR count). The predicted molar refractivity (Wildman–Crippen MR) is 113 cm³/mol. The second kappa shape index (κ2) is 10.2. The summed E-state index contributed by atoms with van der Waals surface area (Å²) in [7, 11) is 0. The maximum atomic E-state index is 3.11. The second-order valence-electron chi connectivity index (χ2n) is 6.59. The zero-order valence-electron chi connectivity index (χ0n) is 16.2. The van der Waals surface area contributed by atoms with Crippen LogP contribution in [0.3, 0.4) is 0 Å². The van der Waals surface area contributed by atoms with Crippen molar-refractivity contribution in [3.05, 3.63) is 82.9 Å². The third kappa shape index (κ3) is 4.92. The average molecular weight is 521 g/mol. The van der Waals surface area contributed by atoms with E-state index in [1.54, 1.807) is 0 Å². The molecule has 0 aromatic heterocycles. The van der Waals surface area contributed by atoms with Crippen molar-refractivity contribution in [2.45, 2.75) is 40.5 Å². The third-order valence-electron chi connectivity index (χ3n) is 4.87. The number of rotatable bonds is 2. The Labute approximate surface area is 174 Å². The SMILES string of the molecule is CCc1cc2c(C)cccc2[cH-]1.CCc1cc2c(C)cccc2[cH-]1.[Si]=[Hf+2]. The molecule has 0 fully saturated rings. The van der Waals surface area contributed by atoms with E-state index in [-0.39, 0.29) is 0 Å². The second-order valence-corrected chi connectivity index (χ2v) is 6.59. The molecule has 4 aromatic carbocycles. The molecular formula is C24H26HfSi. The van der Waals surface area contributed by atoms with E-state index < -0.39 is 0 Å². The number of aryl methyl sites for hydroxylation is 4. The van der Waals surface area contributed by atoms with Crippen LogP contribution in [0.2, 0.25) is 0 Å². The van der Waals surface area contributed by atoms with E-state index in [4.69, 9.17) is 0 Å². The van der Waals surface area contributed by atoms with Crippen molar-refractivity contribution in [2.24, 2.45) is 0 Å². The fourth-order valence-electron chi connectivity index (χ4n) is 3.31. The Balaban J connectivity index is 0.000000171. The molecule has 0 aliphatic rings. The molecule has 0 spiro atoms. The van der Waals surface area contributed by atoms with Gasteiger partial charge in [-0.2, -0.15) is 12.1 Å². The molecule has 0 N–H and O–H groups in total. The summed E-state index contributed by atoms with van der Waals surface area (Å²) in [5.41, 5.74) is 5.65. The van der Waals surface area contributed by atoms with Gasteiger partial charge in [-0.15, -0.1) is 69.1 Å². The first-order valence-electron chi connectivity index (χ1n) is 9.17. The van der Waals surface area contributed by atoms with Gasteiger partial charge < -0.3 is 0 Å². The van der Waals surface area contributed by atoms with Crippen LogP contribution >= 0.6 is 0 Å². The Kier molecular flexibility index (Phi) is 8.24. The van der Waals surface area contributed by atoms with E-state index in [1.165, 1.54) is 43.8 Å². The van der Waals surface area contributed by atoms with Crippen molar-refractivity contribution < 1.29 is 23.0 Å². The normalized spacial score (nSPS) is 10.2. The van der Waals surface area contributed by atoms with Crippen molar-refractivity contribution in [1.29, 1.82) is 0 Å². The first-order chi connectivity index (χ1) is 12.6. The summed E-state index contributed by atoms with van der Waals surface area (Å²) in [5, 5.41) is 5.59. The van der Waals surface area contributed by atoms with Crippen LogP contribution in [0, 0.1) is 13.8 Å². The Bertz CT molecular complexity index is 894. The van der Waals surface area contributed by atoms with E-state index in [2.05, 4.69) is 95.3 Å². The van der Waals surface area contributed by atoms with Gasteiger partial charge in [-0.1, -0.05) is 37.1 Å². The maximum absolute atomic E-state index is 3.11. The van der Waals surface area contributed by atoms with E-state index in [0.717, 1.165) is 35.8 Å². The molecule has 0 heterocycles. The monoisotopic (exact) mass is 522 g/mol. The van der Waals surface area contributed by atoms with Crippen LogP contribution in [-0.2, 0) is 35.8 Å². The third-order valence-corrected chi connectivity index (χ3v) is 4.87. The van der Waals surface area contributed by atoms with Crippen LogP contribution in [0.15, 0.2) is 60.7 Å². The molecule has 2 heteroatoms. The molecule has 0 aliphatic carbocycles. The fraction of sp³-hybridized carbons (Fsp3) is 0.250. The van der Waals surface area contributed by atoms with Gasteiger partial charge in [0.15, 0.2) is 0 Å². The number of fused-ring (bicyclic) bond motifs is 2. The van der Waals surface area contributed by atoms with Crippen LogP contribution in [-0.4, -0.2) is 6.94 Å². The van der Waals surface area contributed by atoms with Gasteiger partial charge in [0.25, 0.3) is 0 Å². The van der Waals surface area contributed by atoms with Crippen molar-refractivity contribution in [3.8, 4) is 0 Å². The topological polar surface area (TPSA) is 0 Å². The van der Waals surface area contributed by atoms with E-state index in [9.17, 15) is 0 Å².